The van der Waals surface area contributed by atoms with Crippen molar-refractivity contribution in [2.24, 2.45) is 17.8 Å². The minimum absolute atomic E-state index is 0.0234. The minimum atomic E-state index is -1.75. The number of methoxy groups -OCH3 is 3. The lowest BCUT2D eigenvalue weighted by Gasteiger charge is -2.42. The van der Waals surface area contributed by atoms with Crippen molar-refractivity contribution in [2.45, 2.75) is 140 Å². The summed E-state index contributed by atoms with van der Waals surface area (Å²) >= 11 is 0. The maximum absolute atomic E-state index is 13.3. The molecule has 4 aliphatic heterocycles. The van der Waals surface area contributed by atoms with Gasteiger partial charge < -0.3 is 58.0 Å². The Kier molecular flexibility index (Phi) is 14.0. The van der Waals surface area contributed by atoms with E-state index in [0.717, 1.165) is 0 Å². The van der Waals surface area contributed by atoms with E-state index >= 15 is 0 Å². The molecule has 0 unspecified atom stereocenters. The molecule has 4 rings (SSSR count). The Morgan fingerprint density at radius 2 is 1.53 bits per heavy atom. The van der Waals surface area contributed by atoms with E-state index in [4.69, 9.17) is 42.6 Å². The molecule has 280 valence electrons. The molecule has 3 N–H and O–H groups in total. The number of carbonyl (C=O) groups excluding carboxylic acids is 2. The third kappa shape index (κ3) is 9.74. The van der Waals surface area contributed by atoms with Gasteiger partial charge in [0.15, 0.2) is 18.4 Å². The Morgan fingerprint density at radius 1 is 0.837 bits per heavy atom. The number of carbonyl (C=O) groups is 2. The van der Waals surface area contributed by atoms with Crippen LogP contribution < -0.4 is 0 Å². The molecule has 4 heterocycles. The number of hydrogen-bond acceptors (Lipinski definition) is 14. The quantitative estimate of drug-likeness (QED) is 0.245. The van der Waals surface area contributed by atoms with Crippen LogP contribution in [0.15, 0.2) is 24.3 Å². The van der Waals surface area contributed by atoms with E-state index in [1.165, 1.54) is 40.4 Å². The summed E-state index contributed by atoms with van der Waals surface area (Å²) in [5.74, 6) is -2.45. The third-order valence-corrected chi connectivity index (χ3v) is 10.1. The highest BCUT2D eigenvalue weighted by molar-refractivity contribution is 5.96. The highest BCUT2D eigenvalue weighted by Gasteiger charge is 2.50. The fraction of sp³-hybridized carbons (Fsp3) is 0.829. The summed E-state index contributed by atoms with van der Waals surface area (Å²) in [6.45, 7) is 10.4. The topological polar surface area (TPSA) is 181 Å². The van der Waals surface area contributed by atoms with Gasteiger partial charge >= 0.3 is 5.97 Å². The lowest BCUT2D eigenvalue weighted by molar-refractivity contribution is -0.305. The van der Waals surface area contributed by atoms with Crippen molar-refractivity contribution < 1.29 is 67.5 Å². The van der Waals surface area contributed by atoms with Gasteiger partial charge in [-0.15, -0.1) is 0 Å². The number of fused-ring (bicyclic) bond motifs is 1. The van der Waals surface area contributed by atoms with Crippen molar-refractivity contribution in [1.82, 2.24) is 0 Å². The minimum Gasteiger partial charge on any atom is -0.459 e. The first-order valence-electron chi connectivity index (χ1n) is 17.1. The fourth-order valence-corrected chi connectivity index (χ4v) is 7.12. The molecule has 0 aromatic carbocycles. The largest absolute Gasteiger partial charge is 0.459 e. The van der Waals surface area contributed by atoms with Gasteiger partial charge in [-0.1, -0.05) is 19.9 Å². The summed E-state index contributed by atoms with van der Waals surface area (Å²) in [6.07, 6.45) is -2.67. The van der Waals surface area contributed by atoms with Gasteiger partial charge in [0.05, 0.1) is 37.1 Å². The second-order valence-corrected chi connectivity index (χ2v) is 14.1. The molecule has 49 heavy (non-hydrogen) atoms. The number of esters is 1. The summed E-state index contributed by atoms with van der Waals surface area (Å²) in [4.78, 5) is 26.5. The third-order valence-electron chi connectivity index (χ3n) is 10.1. The smallest absolute Gasteiger partial charge is 0.330 e. The van der Waals surface area contributed by atoms with Crippen molar-refractivity contribution in [1.29, 1.82) is 0 Å². The molecular weight excluding hydrogens is 644 g/mol. The first kappa shape index (κ1) is 40.0. The number of ether oxygens (including phenoxy) is 9. The van der Waals surface area contributed by atoms with Crippen LogP contribution in [-0.2, 0) is 52.2 Å². The number of ketones is 1. The first-order chi connectivity index (χ1) is 23.1. The number of aliphatic hydroxyl groups excluding tert-OH is 2. The van der Waals surface area contributed by atoms with Crippen LogP contribution in [0.25, 0.3) is 0 Å². The Labute approximate surface area is 288 Å². The average Bonchev–Trinajstić information content (AvgIpc) is 3.82. The molecule has 3 fully saturated rings. The van der Waals surface area contributed by atoms with Crippen LogP contribution in [0.4, 0.5) is 0 Å². The standard InChI is InChI=1S/C35H56O14/c1-17-10-13-26(37)46-20(4)22(16-44-34-32(43-9)31(42-8)27(38)21(5)47-34)30-23(48-30)11-12-25(36)35(6,40)15-18(2)29(17)49-33-28(39)24(41-7)14-19(3)45-33/h10-13,17-24,27-34,38-40H,14-16H2,1-9H3/b12-11+,13-10+/t17-,18-,19+,20+,21+,22+,23+,24-,27+,28+,29+,30+,31+,32+,33-,34+,35-/m0/s1. The normalized spacial score (nSPS) is 48.3. The Balaban J connectivity index is 1.56. The van der Waals surface area contributed by atoms with Crippen LogP contribution in [-0.4, -0.2) is 140 Å². The maximum atomic E-state index is 13.3. The number of hydrogen-bond donors (Lipinski definition) is 3. The highest BCUT2D eigenvalue weighted by Crippen LogP contribution is 2.37. The van der Waals surface area contributed by atoms with Crippen molar-refractivity contribution in [2.75, 3.05) is 27.9 Å². The van der Waals surface area contributed by atoms with Crippen LogP contribution in [0.1, 0.15) is 54.4 Å². The van der Waals surface area contributed by atoms with Crippen molar-refractivity contribution in [3.63, 3.8) is 0 Å². The Morgan fingerprint density at radius 3 is 2.18 bits per heavy atom. The van der Waals surface area contributed by atoms with Gasteiger partial charge in [-0.3, -0.25) is 4.79 Å². The molecule has 14 nitrogen and oxygen atoms in total. The molecule has 17 atom stereocenters. The van der Waals surface area contributed by atoms with Crippen LogP contribution in [0, 0.1) is 17.8 Å². The molecule has 14 heteroatoms. The Hall–Kier alpha value is -1.82. The molecule has 0 aromatic rings. The van der Waals surface area contributed by atoms with Crippen LogP contribution in [0.5, 0.6) is 0 Å². The van der Waals surface area contributed by atoms with Crippen molar-refractivity contribution >= 4 is 11.8 Å². The van der Waals surface area contributed by atoms with E-state index in [2.05, 4.69) is 0 Å². The Bertz CT molecular complexity index is 1160. The van der Waals surface area contributed by atoms with E-state index < -0.39 is 109 Å². The van der Waals surface area contributed by atoms with Gasteiger partial charge in [0.2, 0.25) is 0 Å². The molecule has 0 aromatic heterocycles. The SMILES string of the molecule is CO[C@@H]1[C@H](O)[C@@H](C)O[C@@H](OC[C@H]2[C@H]3O[C@@H]3/C=C/C(=O)[C@@](C)(O)C[C@H](C)[C@H](O[C@@H]3O[C@H](C)C[C@H](OC)[C@H]3O)[C@@H](C)/C=C/C(=O)O[C@@H]2C)[C@@H]1OC. The lowest BCUT2D eigenvalue weighted by atomic mass is 9.82. The van der Waals surface area contributed by atoms with E-state index in [9.17, 15) is 24.9 Å². The zero-order valence-corrected chi connectivity index (χ0v) is 30.0. The summed E-state index contributed by atoms with van der Waals surface area (Å²) < 4.78 is 52.6. The monoisotopic (exact) mass is 700 g/mol. The number of cyclic esters (lactones) is 1. The van der Waals surface area contributed by atoms with E-state index in [0.29, 0.717) is 6.42 Å². The molecule has 0 bridgehead atoms. The lowest BCUT2D eigenvalue weighted by Crippen LogP contribution is -2.59. The molecule has 3 saturated heterocycles. The van der Waals surface area contributed by atoms with Gasteiger partial charge in [-0.2, -0.15) is 0 Å². The first-order valence-corrected chi connectivity index (χ1v) is 17.1. The molecular formula is C35H56O14. The number of epoxide rings is 1. The summed E-state index contributed by atoms with van der Waals surface area (Å²) in [5.41, 5.74) is -1.75. The summed E-state index contributed by atoms with van der Waals surface area (Å²) in [7, 11) is 4.46. The maximum Gasteiger partial charge on any atom is 0.330 e. The molecule has 0 amide bonds. The van der Waals surface area contributed by atoms with Crippen molar-refractivity contribution in [3.05, 3.63) is 24.3 Å². The second-order valence-electron chi connectivity index (χ2n) is 14.1. The van der Waals surface area contributed by atoms with Gasteiger partial charge in [0.25, 0.3) is 0 Å². The second kappa shape index (κ2) is 17.1. The summed E-state index contributed by atoms with van der Waals surface area (Å²) in [5, 5.41) is 32.8. The van der Waals surface area contributed by atoms with E-state index in [-0.39, 0.29) is 19.1 Å². The molecule has 0 aliphatic carbocycles. The van der Waals surface area contributed by atoms with Gasteiger partial charge in [-0.05, 0) is 52.2 Å². The molecule has 0 spiro atoms. The zero-order chi connectivity index (χ0) is 36.2. The highest BCUT2D eigenvalue weighted by atomic mass is 16.7. The fourth-order valence-electron chi connectivity index (χ4n) is 7.12. The average molecular weight is 701 g/mol. The van der Waals surface area contributed by atoms with Gasteiger partial charge in [0, 0.05) is 45.7 Å². The van der Waals surface area contributed by atoms with Gasteiger partial charge in [0.1, 0.15) is 42.2 Å². The number of aliphatic hydroxyl groups is 3. The summed E-state index contributed by atoms with van der Waals surface area (Å²) in [6, 6.07) is 0. The molecule has 0 radical (unpaired) electrons. The van der Waals surface area contributed by atoms with Crippen LogP contribution in [0.3, 0.4) is 0 Å². The molecule has 4 aliphatic rings. The zero-order valence-electron chi connectivity index (χ0n) is 30.0. The van der Waals surface area contributed by atoms with E-state index in [1.54, 1.807) is 26.0 Å². The molecule has 0 saturated carbocycles. The number of rotatable bonds is 8. The predicted octanol–water partition coefficient (Wildman–Crippen LogP) is 1.46. The van der Waals surface area contributed by atoms with E-state index in [1.807, 2.05) is 20.8 Å². The van der Waals surface area contributed by atoms with Gasteiger partial charge in [-0.25, -0.2) is 4.79 Å². The van der Waals surface area contributed by atoms with Crippen molar-refractivity contribution in [3.8, 4) is 0 Å². The van der Waals surface area contributed by atoms with Crippen LogP contribution >= 0.6 is 0 Å². The van der Waals surface area contributed by atoms with Crippen LogP contribution in [0.2, 0.25) is 0 Å². The predicted molar refractivity (Wildman–Crippen MR) is 173 cm³/mol.